The summed E-state index contributed by atoms with van der Waals surface area (Å²) in [4.78, 5) is 0. The van der Waals surface area contributed by atoms with E-state index in [0.717, 1.165) is 0 Å². The van der Waals surface area contributed by atoms with Crippen molar-refractivity contribution in [2.24, 2.45) is 0 Å². The molecule has 0 heterocycles. The Balaban J connectivity index is 2.33. The fraction of sp³-hybridized carbons (Fsp3) is 0.0526. The Labute approximate surface area is 144 Å². The maximum atomic E-state index is 16.5. The van der Waals surface area contributed by atoms with Crippen molar-refractivity contribution in [2.75, 3.05) is 0 Å². The quantitative estimate of drug-likeness (QED) is 0.286. The molecule has 0 atom stereocenters. The second-order valence-corrected chi connectivity index (χ2v) is 8.92. The van der Waals surface area contributed by atoms with Gasteiger partial charge in [-0.25, -0.2) is 0 Å². The van der Waals surface area contributed by atoms with E-state index >= 15 is 4.11 Å². The van der Waals surface area contributed by atoms with Crippen molar-refractivity contribution in [2.45, 2.75) is 5.38 Å². The average Bonchev–Trinajstić information content (AvgIpc) is 2.62. The molecule has 3 aromatic rings. The van der Waals surface area contributed by atoms with Crippen LogP contribution in [0.1, 0.15) is 5.56 Å². The van der Waals surface area contributed by atoms with Crippen LogP contribution in [-0.4, -0.2) is 8.41 Å². The molecular weight excluding hydrogens is 349 g/mol. The molecular formula is C19H14ClF3Si. The van der Waals surface area contributed by atoms with Gasteiger partial charge < -0.3 is 0 Å². The van der Waals surface area contributed by atoms with Crippen molar-refractivity contribution < 1.29 is 12.9 Å². The van der Waals surface area contributed by atoms with Crippen LogP contribution in [-0.2, 0) is 5.38 Å². The Morgan fingerprint density at radius 3 is 1.54 bits per heavy atom. The molecule has 0 aliphatic heterocycles. The smallest absolute Gasteiger partial charge is 0.296 e. The molecule has 0 radical (unpaired) electrons. The maximum Gasteiger partial charge on any atom is 0.348 e. The highest BCUT2D eigenvalue weighted by atomic mass is 35.5. The Hall–Kier alpha value is -2.04. The van der Waals surface area contributed by atoms with Crippen LogP contribution in [0.2, 0.25) is 0 Å². The molecule has 0 N–H and O–H groups in total. The van der Waals surface area contributed by atoms with Gasteiger partial charge in [0.05, 0.1) is 0 Å². The van der Waals surface area contributed by atoms with E-state index in [1.807, 2.05) is 0 Å². The van der Waals surface area contributed by atoms with Crippen LogP contribution >= 0.6 is 11.6 Å². The van der Waals surface area contributed by atoms with Gasteiger partial charge in [-0.15, -0.1) is 0 Å². The zero-order valence-electron chi connectivity index (χ0n) is 12.6. The molecule has 0 aliphatic carbocycles. The second-order valence-electron chi connectivity index (χ2n) is 5.43. The standard InChI is InChI=1S/C19H14ClF3Si/c20-19(21,22)17-13-7-8-14-18(17)24(23,15-9-3-1-4-10-15)16-11-5-2-6-12-16/h1-14H. The largest absolute Gasteiger partial charge is 0.348 e. The van der Waals surface area contributed by atoms with Gasteiger partial charge in [0, 0.05) is 5.56 Å². The predicted octanol–water partition coefficient (Wildman–Crippen LogP) is 3.91. The predicted molar refractivity (Wildman–Crippen MR) is 94.8 cm³/mol. The third-order valence-corrected chi connectivity index (χ3v) is 7.59. The van der Waals surface area contributed by atoms with Gasteiger partial charge in [0.25, 0.3) is 0 Å². The van der Waals surface area contributed by atoms with Gasteiger partial charge in [-0.05, 0) is 27.2 Å². The minimum absolute atomic E-state index is 0.0256. The Morgan fingerprint density at radius 2 is 1.08 bits per heavy atom. The first-order valence-corrected chi connectivity index (χ1v) is 9.66. The zero-order chi connectivity index (χ0) is 17.2. The summed E-state index contributed by atoms with van der Waals surface area (Å²) in [5.41, 5.74) is -0.478. The van der Waals surface area contributed by atoms with E-state index in [2.05, 4.69) is 0 Å². The van der Waals surface area contributed by atoms with E-state index in [9.17, 15) is 8.78 Å². The molecule has 0 amide bonds. The van der Waals surface area contributed by atoms with Crippen LogP contribution in [0.4, 0.5) is 12.9 Å². The summed E-state index contributed by atoms with van der Waals surface area (Å²) >= 11 is 5.27. The summed E-state index contributed by atoms with van der Waals surface area (Å²) in [5, 5.41) is -2.85. The number of halogens is 4. The van der Waals surface area contributed by atoms with Crippen LogP contribution in [0.15, 0.2) is 84.9 Å². The molecule has 0 spiro atoms. The van der Waals surface area contributed by atoms with Crippen molar-refractivity contribution in [3.63, 3.8) is 0 Å². The Bertz CT molecular complexity index is 777. The first kappa shape index (κ1) is 16.8. The van der Waals surface area contributed by atoms with Gasteiger partial charge in [0.15, 0.2) is 0 Å². The number of hydrogen-bond acceptors (Lipinski definition) is 0. The number of rotatable bonds is 4. The lowest BCUT2D eigenvalue weighted by atomic mass is 10.2. The first-order valence-electron chi connectivity index (χ1n) is 7.40. The lowest BCUT2D eigenvalue weighted by molar-refractivity contribution is 0.0961. The summed E-state index contributed by atoms with van der Waals surface area (Å²) < 4.78 is 44.3. The van der Waals surface area contributed by atoms with E-state index in [1.165, 1.54) is 18.2 Å². The van der Waals surface area contributed by atoms with Crippen molar-refractivity contribution in [3.8, 4) is 0 Å². The minimum atomic E-state index is -4.10. The van der Waals surface area contributed by atoms with Crippen LogP contribution in [0, 0.1) is 0 Å². The van der Waals surface area contributed by atoms with Crippen LogP contribution in [0.5, 0.6) is 0 Å². The monoisotopic (exact) mass is 362 g/mol. The normalized spacial score (nSPS) is 12.2. The van der Waals surface area contributed by atoms with Crippen molar-refractivity contribution in [1.82, 2.24) is 0 Å². The molecule has 0 saturated carbocycles. The summed E-state index contributed by atoms with van der Waals surface area (Å²) in [6, 6.07) is 22.6. The lowest BCUT2D eigenvalue weighted by Gasteiger charge is -2.27. The highest BCUT2D eigenvalue weighted by molar-refractivity contribution is 7.07. The van der Waals surface area contributed by atoms with Crippen molar-refractivity contribution >= 4 is 35.6 Å². The Kier molecular flexibility index (Phi) is 4.52. The second kappa shape index (κ2) is 6.46. The SMILES string of the molecule is FC(F)(Cl)c1ccccc1[Si](F)(c1ccccc1)c1ccccc1. The summed E-state index contributed by atoms with van der Waals surface area (Å²) in [6.45, 7) is 0. The van der Waals surface area contributed by atoms with Crippen LogP contribution < -0.4 is 15.6 Å². The van der Waals surface area contributed by atoms with Gasteiger partial charge in [-0.3, -0.25) is 4.11 Å². The van der Waals surface area contributed by atoms with Gasteiger partial charge in [-0.1, -0.05) is 84.9 Å². The number of benzene rings is 3. The van der Waals surface area contributed by atoms with Gasteiger partial charge >= 0.3 is 13.8 Å². The molecule has 0 aromatic heterocycles. The third kappa shape index (κ3) is 2.99. The summed E-state index contributed by atoms with van der Waals surface area (Å²) in [6.07, 6.45) is 0. The molecule has 0 fully saturated rings. The number of alkyl halides is 3. The van der Waals surface area contributed by atoms with Crippen molar-refractivity contribution in [1.29, 1.82) is 0 Å². The molecule has 5 heteroatoms. The fourth-order valence-electron chi connectivity index (χ4n) is 2.84. The first-order chi connectivity index (χ1) is 11.4. The molecule has 3 rings (SSSR count). The molecule has 0 bridgehead atoms. The van der Waals surface area contributed by atoms with Gasteiger partial charge in [-0.2, -0.15) is 8.78 Å². The van der Waals surface area contributed by atoms with E-state index < -0.39 is 19.4 Å². The van der Waals surface area contributed by atoms with Crippen LogP contribution in [0.25, 0.3) is 0 Å². The minimum Gasteiger partial charge on any atom is -0.296 e. The van der Waals surface area contributed by atoms with Gasteiger partial charge in [0.2, 0.25) is 0 Å². The van der Waals surface area contributed by atoms with Crippen LogP contribution in [0.3, 0.4) is 0 Å². The zero-order valence-corrected chi connectivity index (χ0v) is 14.4. The Morgan fingerprint density at radius 1 is 0.667 bits per heavy atom. The third-order valence-electron chi connectivity index (χ3n) is 3.95. The van der Waals surface area contributed by atoms with E-state index in [-0.39, 0.29) is 5.19 Å². The highest BCUT2D eigenvalue weighted by Gasteiger charge is 2.46. The summed E-state index contributed by atoms with van der Waals surface area (Å²) in [7, 11) is -4.10. The summed E-state index contributed by atoms with van der Waals surface area (Å²) in [5.74, 6) is 0. The van der Waals surface area contributed by atoms with E-state index in [1.54, 1.807) is 66.7 Å². The molecule has 3 aromatic carbocycles. The molecule has 0 saturated heterocycles. The van der Waals surface area contributed by atoms with E-state index in [0.29, 0.717) is 10.4 Å². The maximum absolute atomic E-state index is 16.5. The van der Waals surface area contributed by atoms with Crippen molar-refractivity contribution in [3.05, 3.63) is 90.5 Å². The highest BCUT2D eigenvalue weighted by Crippen LogP contribution is 2.32. The molecule has 122 valence electrons. The molecule has 24 heavy (non-hydrogen) atoms. The van der Waals surface area contributed by atoms with E-state index in [4.69, 9.17) is 11.6 Å². The lowest BCUT2D eigenvalue weighted by Crippen LogP contribution is -2.65. The fourth-order valence-corrected chi connectivity index (χ4v) is 6.28. The topological polar surface area (TPSA) is 0 Å². The van der Waals surface area contributed by atoms with Gasteiger partial charge in [0.1, 0.15) is 0 Å². The number of hydrogen-bond donors (Lipinski definition) is 0. The molecule has 0 aliphatic rings. The molecule has 0 unspecified atom stereocenters. The average molecular weight is 363 g/mol. The molecule has 0 nitrogen and oxygen atoms in total.